The largest absolute Gasteiger partial charge is 0.497 e. The van der Waals surface area contributed by atoms with Gasteiger partial charge < -0.3 is 9.47 Å². The molecular weight excluding hydrogens is 332 g/mol. The summed E-state index contributed by atoms with van der Waals surface area (Å²) < 4.78 is 10.4. The Hall–Kier alpha value is -2.73. The molecule has 0 aliphatic heterocycles. The minimum Gasteiger partial charge on any atom is -0.497 e. The second-order valence-corrected chi connectivity index (χ2v) is 5.37. The van der Waals surface area contributed by atoms with Crippen LogP contribution in [-0.4, -0.2) is 25.5 Å². The van der Waals surface area contributed by atoms with Gasteiger partial charge in [0.15, 0.2) is 6.61 Å². The Labute approximate surface area is 144 Å². The predicted octanol–water partition coefficient (Wildman–Crippen LogP) is 2.50. The zero-order valence-electron chi connectivity index (χ0n) is 13.3. The van der Waals surface area contributed by atoms with Gasteiger partial charge in [0, 0.05) is 10.6 Å². The Bertz CT molecular complexity index is 732. The summed E-state index contributed by atoms with van der Waals surface area (Å²) in [4.78, 5) is 23.6. The normalized spacial score (nSPS) is 9.96. The first kappa shape index (κ1) is 17.6. The number of methoxy groups -OCH3 is 1. The zero-order chi connectivity index (χ0) is 17.5. The highest BCUT2D eigenvalue weighted by atomic mass is 35.5. The molecule has 0 spiro atoms. The molecule has 0 fully saturated rings. The van der Waals surface area contributed by atoms with Gasteiger partial charge in [-0.25, -0.2) is 0 Å². The average molecular weight is 349 g/mol. The van der Waals surface area contributed by atoms with E-state index >= 15 is 0 Å². The Kier molecular flexibility index (Phi) is 6.03. The fourth-order valence-electron chi connectivity index (χ4n) is 1.90. The summed E-state index contributed by atoms with van der Waals surface area (Å²) in [6, 6.07) is 11.6. The van der Waals surface area contributed by atoms with Crippen molar-refractivity contribution in [1.29, 1.82) is 0 Å². The third-order valence-electron chi connectivity index (χ3n) is 3.16. The molecule has 24 heavy (non-hydrogen) atoms. The number of carbonyl (C=O) groups excluding carboxylic acids is 2. The van der Waals surface area contributed by atoms with Crippen molar-refractivity contribution in [3.63, 3.8) is 0 Å². The van der Waals surface area contributed by atoms with E-state index in [1.807, 2.05) is 6.92 Å². The second-order valence-electron chi connectivity index (χ2n) is 4.93. The van der Waals surface area contributed by atoms with Gasteiger partial charge in [0.05, 0.1) is 7.11 Å². The molecule has 7 heteroatoms. The summed E-state index contributed by atoms with van der Waals surface area (Å²) in [6.45, 7) is 1.59. The van der Waals surface area contributed by atoms with Crippen molar-refractivity contribution in [3.05, 3.63) is 58.6 Å². The van der Waals surface area contributed by atoms with Gasteiger partial charge in [-0.15, -0.1) is 0 Å². The maximum absolute atomic E-state index is 11.9. The molecule has 0 radical (unpaired) electrons. The maximum Gasteiger partial charge on any atom is 0.276 e. The molecule has 0 atom stereocenters. The van der Waals surface area contributed by atoms with Gasteiger partial charge in [-0.1, -0.05) is 11.6 Å². The van der Waals surface area contributed by atoms with Crippen molar-refractivity contribution in [1.82, 2.24) is 10.9 Å². The maximum atomic E-state index is 11.9. The third kappa shape index (κ3) is 4.89. The van der Waals surface area contributed by atoms with Gasteiger partial charge in [0.2, 0.25) is 0 Å². The first-order valence-corrected chi connectivity index (χ1v) is 7.49. The first-order valence-electron chi connectivity index (χ1n) is 7.12. The first-order chi connectivity index (χ1) is 11.5. The number of halogens is 1. The van der Waals surface area contributed by atoms with Gasteiger partial charge >= 0.3 is 0 Å². The molecule has 0 aliphatic carbocycles. The Morgan fingerprint density at radius 2 is 1.79 bits per heavy atom. The van der Waals surface area contributed by atoms with E-state index in [1.165, 1.54) is 7.11 Å². The lowest BCUT2D eigenvalue weighted by Crippen LogP contribution is -2.43. The summed E-state index contributed by atoms with van der Waals surface area (Å²) >= 11 is 5.85. The fourth-order valence-corrected chi connectivity index (χ4v) is 2.12. The van der Waals surface area contributed by atoms with E-state index in [4.69, 9.17) is 21.1 Å². The van der Waals surface area contributed by atoms with E-state index < -0.39 is 11.8 Å². The van der Waals surface area contributed by atoms with Crippen molar-refractivity contribution in [2.45, 2.75) is 6.92 Å². The number of hydrogen-bond acceptors (Lipinski definition) is 4. The zero-order valence-corrected chi connectivity index (χ0v) is 14.0. The summed E-state index contributed by atoms with van der Waals surface area (Å²) in [6.07, 6.45) is 0. The number of amides is 2. The Morgan fingerprint density at radius 3 is 2.42 bits per heavy atom. The number of benzene rings is 2. The molecule has 2 N–H and O–H groups in total. The van der Waals surface area contributed by atoms with Gasteiger partial charge in [-0.05, 0) is 55.0 Å². The molecule has 0 aromatic heterocycles. The van der Waals surface area contributed by atoms with E-state index in [2.05, 4.69) is 10.9 Å². The molecule has 126 valence electrons. The summed E-state index contributed by atoms with van der Waals surface area (Å²) in [5.41, 5.74) is 5.82. The summed E-state index contributed by atoms with van der Waals surface area (Å²) in [5, 5.41) is 0.594. The minimum atomic E-state index is -0.480. The van der Waals surface area contributed by atoms with Crippen molar-refractivity contribution >= 4 is 23.4 Å². The molecule has 0 unspecified atom stereocenters. The van der Waals surface area contributed by atoms with E-state index in [9.17, 15) is 9.59 Å². The van der Waals surface area contributed by atoms with Gasteiger partial charge in [0.1, 0.15) is 11.5 Å². The topological polar surface area (TPSA) is 76.7 Å². The number of hydrogen-bond donors (Lipinski definition) is 2. The second kappa shape index (κ2) is 8.21. The van der Waals surface area contributed by atoms with Crippen molar-refractivity contribution in [2.24, 2.45) is 0 Å². The lowest BCUT2D eigenvalue weighted by atomic mass is 10.2. The highest BCUT2D eigenvalue weighted by molar-refractivity contribution is 6.30. The van der Waals surface area contributed by atoms with Crippen LogP contribution >= 0.6 is 11.6 Å². The SMILES string of the molecule is COc1ccc(C(=O)NNC(=O)COc2ccc(Cl)cc2C)cc1. The van der Waals surface area contributed by atoms with Crippen LogP contribution in [0.5, 0.6) is 11.5 Å². The monoisotopic (exact) mass is 348 g/mol. The molecule has 2 rings (SSSR count). The number of ether oxygens (including phenoxy) is 2. The van der Waals surface area contributed by atoms with Crippen LogP contribution in [0.4, 0.5) is 0 Å². The van der Waals surface area contributed by atoms with Gasteiger partial charge in [-0.3, -0.25) is 20.4 Å². The minimum absolute atomic E-state index is 0.231. The smallest absolute Gasteiger partial charge is 0.276 e. The molecule has 2 aromatic carbocycles. The van der Waals surface area contributed by atoms with E-state index in [0.717, 1.165) is 5.56 Å². The van der Waals surface area contributed by atoms with E-state index in [0.29, 0.717) is 22.1 Å². The molecule has 0 bridgehead atoms. The molecule has 6 nitrogen and oxygen atoms in total. The summed E-state index contributed by atoms with van der Waals surface area (Å²) in [7, 11) is 1.54. The van der Waals surface area contributed by atoms with Crippen molar-refractivity contribution in [2.75, 3.05) is 13.7 Å². The lowest BCUT2D eigenvalue weighted by Gasteiger charge is -2.10. The van der Waals surface area contributed by atoms with Crippen molar-refractivity contribution in [3.8, 4) is 11.5 Å². The highest BCUT2D eigenvalue weighted by Crippen LogP contribution is 2.21. The molecular formula is C17H17ClN2O4. The van der Waals surface area contributed by atoms with Crippen LogP contribution in [0.3, 0.4) is 0 Å². The van der Waals surface area contributed by atoms with Crippen LogP contribution in [0.25, 0.3) is 0 Å². The quantitative estimate of drug-likeness (QED) is 0.814. The molecule has 2 amide bonds. The molecule has 0 heterocycles. The molecule has 0 saturated heterocycles. The fraction of sp³-hybridized carbons (Fsp3) is 0.176. The third-order valence-corrected chi connectivity index (χ3v) is 3.40. The molecule has 0 saturated carbocycles. The number of carbonyl (C=O) groups is 2. The lowest BCUT2D eigenvalue weighted by molar-refractivity contribution is -0.123. The Morgan fingerprint density at radius 1 is 1.08 bits per heavy atom. The summed E-state index contributed by atoms with van der Waals surface area (Å²) in [5.74, 6) is 0.276. The van der Waals surface area contributed by atoms with Crippen LogP contribution in [-0.2, 0) is 4.79 Å². The number of nitrogens with one attached hydrogen (secondary N) is 2. The van der Waals surface area contributed by atoms with Crippen LogP contribution in [0.2, 0.25) is 5.02 Å². The van der Waals surface area contributed by atoms with Crippen LogP contribution in [0.1, 0.15) is 15.9 Å². The van der Waals surface area contributed by atoms with Crippen LogP contribution in [0, 0.1) is 6.92 Å². The average Bonchev–Trinajstić information content (AvgIpc) is 2.59. The predicted molar refractivity (Wildman–Crippen MR) is 90.3 cm³/mol. The standard InChI is InChI=1S/C17H17ClN2O4/c1-11-9-13(18)5-8-15(11)24-10-16(21)19-20-17(22)12-3-6-14(23-2)7-4-12/h3-9H,10H2,1-2H3,(H,19,21)(H,20,22). The Balaban J connectivity index is 1.80. The van der Waals surface area contributed by atoms with Crippen LogP contribution in [0.15, 0.2) is 42.5 Å². The number of hydrazine groups is 1. The van der Waals surface area contributed by atoms with E-state index in [-0.39, 0.29) is 6.61 Å². The number of aryl methyl sites for hydroxylation is 1. The van der Waals surface area contributed by atoms with E-state index in [1.54, 1.807) is 42.5 Å². The number of rotatable bonds is 5. The van der Waals surface area contributed by atoms with Crippen molar-refractivity contribution < 1.29 is 19.1 Å². The molecule has 2 aromatic rings. The van der Waals surface area contributed by atoms with Gasteiger partial charge in [0.25, 0.3) is 11.8 Å². The highest BCUT2D eigenvalue weighted by Gasteiger charge is 2.09. The molecule has 0 aliphatic rings. The van der Waals surface area contributed by atoms with Gasteiger partial charge in [-0.2, -0.15) is 0 Å². The van der Waals surface area contributed by atoms with Crippen LogP contribution < -0.4 is 20.3 Å².